The van der Waals surface area contributed by atoms with Crippen LogP contribution in [0, 0.1) is 6.92 Å². The standard InChI is InChI=1S/C19H24N6O2/c1-14-5-4-6-16(21-14)18(27)24-8-7-19(12-24)13-25(17(26)11-22(19)2)15-9-20-23(3)10-15/h4-6,9-10H,7-8,11-13H2,1-3H3/t19-/m0/s1. The minimum atomic E-state index is -0.247. The molecule has 2 aromatic heterocycles. The van der Waals surface area contributed by atoms with Crippen LogP contribution in [0.5, 0.6) is 0 Å². The van der Waals surface area contributed by atoms with E-state index in [1.54, 1.807) is 21.8 Å². The van der Waals surface area contributed by atoms with Gasteiger partial charge in [-0.1, -0.05) is 6.07 Å². The first kappa shape index (κ1) is 17.7. The summed E-state index contributed by atoms with van der Waals surface area (Å²) in [5.41, 5.74) is 1.87. The number of likely N-dealkylation sites (tertiary alicyclic amines) is 1. The van der Waals surface area contributed by atoms with E-state index >= 15 is 0 Å². The molecular weight excluding hydrogens is 344 g/mol. The third kappa shape index (κ3) is 3.10. The molecule has 1 atom stereocenters. The van der Waals surface area contributed by atoms with Gasteiger partial charge in [0.1, 0.15) is 5.69 Å². The van der Waals surface area contributed by atoms with Crippen LogP contribution in [-0.4, -0.2) is 75.1 Å². The topological polar surface area (TPSA) is 74.6 Å². The van der Waals surface area contributed by atoms with Gasteiger partial charge in [0.25, 0.3) is 5.91 Å². The largest absolute Gasteiger partial charge is 0.335 e. The van der Waals surface area contributed by atoms with Crippen molar-refractivity contribution < 1.29 is 9.59 Å². The normalized spacial score (nSPS) is 23.4. The fourth-order valence-corrected chi connectivity index (χ4v) is 4.04. The maximum Gasteiger partial charge on any atom is 0.272 e. The van der Waals surface area contributed by atoms with E-state index in [9.17, 15) is 9.59 Å². The lowest BCUT2D eigenvalue weighted by molar-refractivity contribution is -0.123. The number of carbonyl (C=O) groups excluding carboxylic acids is 2. The summed E-state index contributed by atoms with van der Waals surface area (Å²) in [6, 6.07) is 5.50. The lowest BCUT2D eigenvalue weighted by atomic mass is 9.93. The number of nitrogens with zero attached hydrogens (tertiary/aromatic N) is 6. The molecule has 27 heavy (non-hydrogen) atoms. The van der Waals surface area contributed by atoms with Crippen molar-refractivity contribution in [3.05, 3.63) is 42.0 Å². The molecule has 2 aromatic rings. The first-order valence-electron chi connectivity index (χ1n) is 9.11. The molecule has 1 spiro atoms. The quantitative estimate of drug-likeness (QED) is 0.780. The molecule has 8 heteroatoms. The summed E-state index contributed by atoms with van der Waals surface area (Å²) in [5, 5.41) is 4.19. The van der Waals surface area contributed by atoms with Gasteiger partial charge in [-0.3, -0.25) is 19.2 Å². The summed E-state index contributed by atoms with van der Waals surface area (Å²) in [6.45, 7) is 4.02. The van der Waals surface area contributed by atoms with Gasteiger partial charge in [0.05, 0.1) is 24.0 Å². The number of rotatable bonds is 2. The summed E-state index contributed by atoms with van der Waals surface area (Å²) in [6.07, 6.45) is 4.39. The summed E-state index contributed by atoms with van der Waals surface area (Å²) in [7, 11) is 3.81. The Hall–Kier alpha value is -2.74. The van der Waals surface area contributed by atoms with E-state index < -0.39 is 0 Å². The average Bonchev–Trinajstić information content (AvgIpc) is 3.25. The third-order valence-corrected chi connectivity index (χ3v) is 5.67. The Morgan fingerprint density at radius 1 is 1.22 bits per heavy atom. The monoisotopic (exact) mass is 368 g/mol. The number of hydrogen-bond donors (Lipinski definition) is 0. The molecule has 4 heterocycles. The smallest absolute Gasteiger partial charge is 0.272 e. The minimum Gasteiger partial charge on any atom is -0.335 e. The lowest BCUT2D eigenvalue weighted by Gasteiger charge is -2.46. The summed E-state index contributed by atoms with van der Waals surface area (Å²) in [5.74, 6) is 0.00931. The molecule has 0 saturated carbocycles. The van der Waals surface area contributed by atoms with Crippen LogP contribution in [0.4, 0.5) is 5.69 Å². The van der Waals surface area contributed by atoms with Crippen LogP contribution >= 0.6 is 0 Å². The van der Waals surface area contributed by atoms with Crippen LogP contribution in [0.3, 0.4) is 0 Å². The molecule has 4 rings (SSSR count). The van der Waals surface area contributed by atoms with E-state index in [-0.39, 0.29) is 17.4 Å². The molecule has 2 fully saturated rings. The van der Waals surface area contributed by atoms with Crippen LogP contribution in [0.1, 0.15) is 22.6 Å². The van der Waals surface area contributed by atoms with Crippen LogP contribution < -0.4 is 4.90 Å². The Kier molecular flexibility index (Phi) is 4.22. The molecule has 0 aliphatic carbocycles. The van der Waals surface area contributed by atoms with Gasteiger partial charge in [0.2, 0.25) is 5.91 Å². The van der Waals surface area contributed by atoms with Gasteiger partial charge in [0, 0.05) is 38.6 Å². The SMILES string of the molecule is Cc1cccc(C(=O)N2CC[C@]3(C2)CN(c2cnn(C)c2)C(=O)CN3C)n1. The molecule has 0 N–H and O–H groups in total. The molecule has 2 aliphatic rings. The van der Waals surface area contributed by atoms with Crippen molar-refractivity contribution >= 4 is 17.5 Å². The van der Waals surface area contributed by atoms with E-state index in [0.717, 1.165) is 17.8 Å². The lowest BCUT2D eigenvalue weighted by Crippen LogP contribution is -2.64. The van der Waals surface area contributed by atoms with Gasteiger partial charge in [0.15, 0.2) is 0 Å². The second-order valence-corrected chi connectivity index (χ2v) is 7.57. The maximum absolute atomic E-state index is 12.9. The third-order valence-electron chi connectivity index (χ3n) is 5.67. The highest BCUT2D eigenvalue weighted by atomic mass is 16.2. The predicted octanol–water partition coefficient (Wildman–Crippen LogP) is 0.687. The van der Waals surface area contributed by atoms with E-state index in [2.05, 4.69) is 15.0 Å². The van der Waals surface area contributed by atoms with E-state index in [4.69, 9.17) is 0 Å². The van der Waals surface area contributed by atoms with Crippen molar-refractivity contribution in [3.63, 3.8) is 0 Å². The van der Waals surface area contributed by atoms with Crippen LogP contribution in [0.2, 0.25) is 0 Å². The Labute approximate surface area is 158 Å². The van der Waals surface area contributed by atoms with Crippen molar-refractivity contribution in [2.24, 2.45) is 7.05 Å². The van der Waals surface area contributed by atoms with Gasteiger partial charge in [-0.05, 0) is 32.5 Å². The molecule has 0 bridgehead atoms. The number of carbonyl (C=O) groups is 2. The summed E-state index contributed by atoms with van der Waals surface area (Å²) >= 11 is 0. The second kappa shape index (κ2) is 6.45. The molecule has 2 aliphatic heterocycles. The number of hydrogen-bond acceptors (Lipinski definition) is 5. The minimum absolute atomic E-state index is 0.0474. The van der Waals surface area contributed by atoms with Gasteiger partial charge in [-0.2, -0.15) is 5.10 Å². The molecule has 142 valence electrons. The molecular formula is C19H24N6O2. The highest BCUT2D eigenvalue weighted by molar-refractivity contribution is 5.96. The molecule has 2 amide bonds. The molecule has 0 unspecified atom stereocenters. The average molecular weight is 368 g/mol. The van der Waals surface area contributed by atoms with Crippen LogP contribution in [-0.2, 0) is 11.8 Å². The Morgan fingerprint density at radius 2 is 2.04 bits per heavy atom. The number of pyridine rings is 1. The van der Waals surface area contributed by atoms with Crippen LogP contribution in [0.25, 0.3) is 0 Å². The number of piperazine rings is 1. The predicted molar refractivity (Wildman–Crippen MR) is 100 cm³/mol. The maximum atomic E-state index is 12.9. The van der Waals surface area contributed by atoms with Gasteiger partial charge < -0.3 is 9.80 Å². The van der Waals surface area contributed by atoms with Crippen molar-refractivity contribution in [3.8, 4) is 0 Å². The number of aryl methyl sites for hydroxylation is 2. The van der Waals surface area contributed by atoms with Crippen LogP contribution in [0.15, 0.2) is 30.6 Å². The van der Waals surface area contributed by atoms with E-state index in [1.807, 2.05) is 44.2 Å². The first-order chi connectivity index (χ1) is 12.9. The number of amides is 2. The highest BCUT2D eigenvalue weighted by Crippen LogP contribution is 2.33. The number of anilines is 1. The van der Waals surface area contributed by atoms with Gasteiger partial charge in [-0.25, -0.2) is 4.98 Å². The van der Waals surface area contributed by atoms with Crippen molar-refractivity contribution in [1.29, 1.82) is 0 Å². The Bertz CT molecular complexity index is 894. The van der Waals surface area contributed by atoms with Gasteiger partial charge in [-0.15, -0.1) is 0 Å². The fraction of sp³-hybridized carbons (Fsp3) is 0.474. The zero-order valence-electron chi connectivity index (χ0n) is 15.9. The Morgan fingerprint density at radius 3 is 2.74 bits per heavy atom. The van der Waals surface area contributed by atoms with Crippen molar-refractivity contribution in [1.82, 2.24) is 24.6 Å². The fourth-order valence-electron chi connectivity index (χ4n) is 4.04. The Balaban J connectivity index is 1.56. The molecule has 8 nitrogen and oxygen atoms in total. The van der Waals surface area contributed by atoms with E-state index in [1.165, 1.54) is 0 Å². The zero-order valence-corrected chi connectivity index (χ0v) is 15.9. The number of aromatic nitrogens is 3. The molecule has 0 radical (unpaired) electrons. The zero-order chi connectivity index (χ0) is 19.2. The first-order valence-corrected chi connectivity index (χ1v) is 9.11. The second-order valence-electron chi connectivity index (χ2n) is 7.57. The molecule has 0 aromatic carbocycles. The number of likely N-dealkylation sites (N-methyl/N-ethyl adjacent to an activating group) is 1. The molecule has 2 saturated heterocycles. The van der Waals surface area contributed by atoms with Crippen molar-refractivity contribution in [2.75, 3.05) is 38.1 Å². The summed E-state index contributed by atoms with van der Waals surface area (Å²) in [4.78, 5) is 35.6. The van der Waals surface area contributed by atoms with Gasteiger partial charge >= 0.3 is 0 Å². The highest BCUT2D eigenvalue weighted by Gasteiger charge is 2.49. The van der Waals surface area contributed by atoms with Crippen molar-refractivity contribution in [2.45, 2.75) is 18.9 Å². The summed E-state index contributed by atoms with van der Waals surface area (Å²) < 4.78 is 1.70. The van der Waals surface area contributed by atoms with E-state index in [0.29, 0.717) is 31.9 Å².